The minimum Gasteiger partial charge on any atom is -0.504 e. The van der Waals surface area contributed by atoms with Gasteiger partial charge >= 0.3 is 0 Å². The van der Waals surface area contributed by atoms with Gasteiger partial charge in [0.15, 0.2) is 11.5 Å². The minimum absolute atomic E-state index is 0.0943. The van der Waals surface area contributed by atoms with Crippen LogP contribution in [0.15, 0.2) is 12.1 Å². The molecule has 0 aliphatic heterocycles. The molecule has 0 aliphatic rings. The summed E-state index contributed by atoms with van der Waals surface area (Å²) in [6, 6.07) is 3.35. The summed E-state index contributed by atoms with van der Waals surface area (Å²) in [5.74, 6) is 1.23. The molecule has 0 heterocycles. The highest BCUT2D eigenvalue weighted by Crippen LogP contribution is 2.33. The molecule has 4 nitrogen and oxygen atoms in total. The van der Waals surface area contributed by atoms with Crippen molar-refractivity contribution in [1.82, 2.24) is 4.90 Å². The molecule has 0 radical (unpaired) electrons. The third-order valence-corrected chi connectivity index (χ3v) is 2.07. The SMILES string of the molecule is COc1cc(CN(C)C)c(OC)cc1O. The third kappa shape index (κ3) is 2.76. The highest BCUT2D eigenvalue weighted by atomic mass is 16.5. The van der Waals surface area contributed by atoms with E-state index in [4.69, 9.17) is 9.47 Å². The lowest BCUT2D eigenvalue weighted by Crippen LogP contribution is -2.11. The fraction of sp³-hybridized carbons (Fsp3) is 0.455. The van der Waals surface area contributed by atoms with E-state index < -0.39 is 0 Å². The summed E-state index contributed by atoms with van der Waals surface area (Å²) in [6.07, 6.45) is 0. The van der Waals surface area contributed by atoms with Crippen LogP contribution in [0.3, 0.4) is 0 Å². The number of aromatic hydroxyl groups is 1. The lowest BCUT2D eigenvalue weighted by atomic mass is 10.1. The fourth-order valence-corrected chi connectivity index (χ4v) is 1.41. The van der Waals surface area contributed by atoms with E-state index >= 15 is 0 Å². The van der Waals surface area contributed by atoms with Crippen molar-refractivity contribution in [1.29, 1.82) is 0 Å². The van der Waals surface area contributed by atoms with Crippen molar-refractivity contribution in [2.45, 2.75) is 6.54 Å². The first-order valence-corrected chi connectivity index (χ1v) is 4.67. The van der Waals surface area contributed by atoms with E-state index in [1.807, 2.05) is 19.0 Å². The Bertz CT molecular complexity index is 337. The zero-order valence-corrected chi connectivity index (χ0v) is 9.57. The van der Waals surface area contributed by atoms with Crippen LogP contribution in [-0.4, -0.2) is 38.3 Å². The molecule has 1 aromatic carbocycles. The molecule has 0 spiro atoms. The maximum absolute atomic E-state index is 9.56. The standard InChI is InChI=1S/C11H17NO3/c1-12(2)7-8-5-11(15-4)9(13)6-10(8)14-3/h5-6,13H,7H2,1-4H3. The van der Waals surface area contributed by atoms with E-state index in [9.17, 15) is 5.11 Å². The van der Waals surface area contributed by atoms with Crippen molar-refractivity contribution >= 4 is 0 Å². The van der Waals surface area contributed by atoms with Crippen molar-refractivity contribution in [3.05, 3.63) is 17.7 Å². The van der Waals surface area contributed by atoms with E-state index in [1.165, 1.54) is 7.11 Å². The van der Waals surface area contributed by atoms with Gasteiger partial charge in [-0.2, -0.15) is 0 Å². The fourth-order valence-electron chi connectivity index (χ4n) is 1.41. The maximum Gasteiger partial charge on any atom is 0.161 e. The number of rotatable bonds is 4. The minimum atomic E-state index is 0.0943. The molecule has 1 N–H and O–H groups in total. The van der Waals surface area contributed by atoms with Gasteiger partial charge in [0.2, 0.25) is 0 Å². The molecule has 0 bridgehead atoms. The second-order valence-electron chi connectivity index (χ2n) is 3.57. The van der Waals surface area contributed by atoms with E-state index in [-0.39, 0.29) is 5.75 Å². The van der Waals surface area contributed by atoms with Crippen molar-refractivity contribution in [2.24, 2.45) is 0 Å². The normalized spacial score (nSPS) is 10.5. The molecule has 0 aromatic heterocycles. The Morgan fingerprint density at radius 3 is 2.20 bits per heavy atom. The van der Waals surface area contributed by atoms with Gasteiger partial charge in [-0.25, -0.2) is 0 Å². The van der Waals surface area contributed by atoms with Crippen LogP contribution in [-0.2, 0) is 6.54 Å². The molecule has 0 saturated heterocycles. The van der Waals surface area contributed by atoms with Crippen LogP contribution in [0.5, 0.6) is 17.2 Å². The van der Waals surface area contributed by atoms with Crippen molar-refractivity contribution in [2.75, 3.05) is 28.3 Å². The summed E-state index contributed by atoms with van der Waals surface area (Å²) in [5.41, 5.74) is 0.983. The van der Waals surface area contributed by atoms with E-state index in [0.717, 1.165) is 12.1 Å². The van der Waals surface area contributed by atoms with Crippen molar-refractivity contribution in [3.63, 3.8) is 0 Å². The summed E-state index contributed by atoms with van der Waals surface area (Å²) >= 11 is 0. The van der Waals surface area contributed by atoms with Crippen molar-refractivity contribution < 1.29 is 14.6 Å². The van der Waals surface area contributed by atoms with Crippen LogP contribution in [0.4, 0.5) is 0 Å². The Morgan fingerprint density at radius 2 is 1.73 bits per heavy atom. The Kier molecular flexibility index (Phi) is 3.80. The topological polar surface area (TPSA) is 41.9 Å². The number of methoxy groups -OCH3 is 2. The summed E-state index contributed by atoms with van der Waals surface area (Å²) in [5, 5.41) is 9.56. The Morgan fingerprint density at radius 1 is 1.13 bits per heavy atom. The number of hydrogen-bond acceptors (Lipinski definition) is 4. The van der Waals surface area contributed by atoms with Crippen LogP contribution >= 0.6 is 0 Å². The number of ether oxygens (including phenoxy) is 2. The maximum atomic E-state index is 9.56. The summed E-state index contributed by atoms with van der Waals surface area (Å²) in [7, 11) is 7.05. The van der Waals surface area contributed by atoms with Gasteiger partial charge in [-0.3, -0.25) is 0 Å². The Hall–Kier alpha value is -1.42. The smallest absolute Gasteiger partial charge is 0.161 e. The van der Waals surface area contributed by atoms with Crippen LogP contribution in [0, 0.1) is 0 Å². The molecule has 0 unspecified atom stereocenters. The van der Waals surface area contributed by atoms with Crippen LogP contribution in [0.25, 0.3) is 0 Å². The molecule has 15 heavy (non-hydrogen) atoms. The largest absolute Gasteiger partial charge is 0.504 e. The summed E-state index contributed by atoms with van der Waals surface area (Å²) in [4.78, 5) is 2.02. The number of benzene rings is 1. The van der Waals surface area contributed by atoms with Gasteiger partial charge in [0.05, 0.1) is 14.2 Å². The van der Waals surface area contributed by atoms with Crippen LogP contribution < -0.4 is 9.47 Å². The molecule has 0 amide bonds. The van der Waals surface area contributed by atoms with E-state index in [2.05, 4.69) is 0 Å². The first-order chi connectivity index (χ1) is 7.08. The predicted molar refractivity (Wildman–Crippen MR) is 58.6 cm³/mol. The van der Waals surface area contributed by atoms with Crippen LogP contribution in [0.2, 0.25) is 0 Å². The van der Waals surface area contributed by atoms with Gasteiger partial charge in [0.25, 0.3) is 0 Å². The second kappa shape index (κ2) is 4.89. The number of phenolic OH excluding ortho intramolecular Hbond substituents is 1. The number of nitrogens with zero attached hydrogens (tertiary/aromatic N) is 1. The lowest BCUT2D eigenvalue weighted by Gasteiger charge is -2.15. The molecule has 84 valence electrons. The number of phenols is 1. The molecule has 4 heteroatoms. The molecule has 1 rings (SSSR count). The molecular formula is C11H17NO3. The average Bonchev–Trinajstić information content (AvgIpc) is 2.19. The molecule has 0 fully saturated rings. The van der Waals surface area contributed by atoms with Crippen LogP contribution in [0.1, 0.15) is 5.56 Å². The predicted octanol–water partition coefficient (Wildman–Crippen LogP) is 1.47. The van der Waals surface area contributed by atoms with E-state index in [1.54, 1.807) is 19.2 Å². The zero-order valence-electron chi connectivity index (χ0n) is 9.57. The highest BCUT2D eigenvalue weighted by molar-refractivity contribution is 5.49. The van der Waals surface area contributed by atoms with Gasteiger partial charge < -0.3 is 19.5 Å². The monoisotopic (exact) mass is 211 g/mol. The second-order valence-corrected chi connectivity index (χ2v) is 3.57. The van der Waals surface area contributed by atoms with Gasteiger partial charge in [-0.05, 0) is 20.2 Å². The van der Waals surface area contributed by atoms with Gasteiger partial charge in [0.1, 0.15) is 5.75 Å². The third-order valence-electron chi connectivity index (χ3n) is 2.07. The Balaban J connectivity index is 3.10. The Labute approximate surface area is 90.0 Å². The van der Waals surface area contributed by atoms with Crippen molar-refractivity contribution in [3.8, 4) is 17.2 Å². The van der Waals surface area contributed by atoms with E-state index in [0.29, 0.717) is 11.5 Å². The average molecular weight is 211 g/mol. The van der Waals surface area contributed by atoms with Gasteiger partial charge in [0, 0.05) is 18.2 Å². The molecule has 0 aliphatic carbocycles. The molecule has 1 aromatic rings. The number of hydrogen-bond donors (Lipinski definition) is 1. The summed E-state index contributed by atoms with van der Waals surface area (Å²) < 4.78 is 10.2. The lowest BCUT2D eigenvalue weighted by molar-refractivity contribution is 0.351. The summed E-state index contributed by atoms with van der Waals surface area (Å²) in [6.45, 7) is 0.736. The first kappa shape index (κ1) is 11.7. The molecule has 0 atom stereocenters. The van der Waals surface area contributed by atoms with Gasteiger partial charge in [-0.1, -0.05) is 0 Å². The zero-order chi connectivity index (χ0) is 11.4. The van der Waals surface area contributed by atoms with Gasteiger partial charge in [-0.15, -0.1) is 0 Å². The highest BCUT2D eigenvalue weighted by Gasteiger charge is 2.10. The first-order valence-electron chi connectivity index (χ1n) is 4.67. The molecular weight excluding hydrogens is 194 g/mol. The quantitative estimate of drug-likeness (QED) is 0.819. The molecule has 0 saturated carbocycles.